The number of nitrogens with two attached hydrogens (primary N) is 1. The lowest BCUT2D eigenvalue weighted by molar-refractivity contribution is 0.326. The van der Waals surface area contributed by atoms with Crippen LogP contribution >= 0.6 is 0 Å². The number of anilines is 2. The number of hydrogen-bond acceptors (Lipinski definition) is 7. The van der Waals surface area contributed by atoms with Crippen LogP contribution in [0.5, 0.6) is 5.75 Å². The number of H-pyrrole nitrogens is 1. The second kappa shape index (κ2) is 7.12. The number of imidazole rings is 1. The van der Waals surface area contributed by atoms with Gasteiger partial charge in [0.1, 0.15) is 29.5 Å². The first-order valence-corrected chi connectivity index (χ1v) is 9.31. The number of piperidine rings is 1. The minimum atomic E-state index is -0.494. The van der Waals surface area contributed by atoms with Crippen molar-refractivity contribution in [2.24, 2.45) is 5.73 Å². The molecule has 1 fully saturated rings. The molecule has 0 spiro atoms. The Kier molecular flexibility index (Phi) is 4.64. The Bertz CT molecular complexity index is 1000. The van der Waals surface area contributed by atoms with Crippen LogP contribution in [0.3, 0.4) is 0 Å². The first kappa shape index (κ1) is 18.2. The van der Waals surface area contributed by atoms with Crippen molar-refractivity contribution in [3.63, 3.8) is 0 Å². The number of fused-ring (bicyclic) bond motifs is 1. The quantitative estimate of drug-likeness (QED) is 0.626. The molecule has 28 heavy (non-hydrogen) atoms. The molecule has 4 N–H and O–H groups in total. The summed E-state index contributed by atoms with van der Waals surface area (Å²) in [6, 6.07) is 5.80. The number of aromatic nitrogens is 4. The molecule has 0 bridgehead atoms. The van der Waals surface area contributed by atoms with Gasteiger partial charge < -0.3 is 25.7 Å². The van der Waals surface area contributed by atoms with Crippen molar-refractivity contribution >= 4 is 22.7 Å². The number of hydrogen-bond donors (Lipinski definition) is 3. The Balaban J connectivity index is 1.55. The van der Waals surface area contributed by atoms with Crippen LogP contribution in [0.1, 0.15) is 24.2 Å². The molecule has 3 aromatic rings. The van der Waals surface area contributed by atoms with Crippen LogP contribution in [0.15, 0.2) is 37.3 Å². The lowest BCUT2D eigenvalue weighted by atomic mass is 9.87. The molecule has 0 unspecified atom stereocenters. The maximum absolute atomic E-state index is 6.76. The van der Waals surface area contributed by atoms with Gasteiger partial charge in [-0.2, -0.15) is 0 Å². The fourth-order valence-corrected chi connectivity index (χ4v) is 3.71. The molecule has 0 radical (unpaired) electrons. The average Bonchev–Trinajstić information content (AvgIpc) is 3.15. The molecule has 0 saturated carbocycles. The van der Waals surface area contributed by atoms with E-state index in [9.17, 15) is 0 Å². The fourth-order valence-electron chi connectivity index (χ4n) is 3.71. The molecule has 1 aromatic carbocycles. The van der Waals surface area contributed by atoms with E-state index in [-0.39, 0.29) is 0 Å². The SMILES string of the molecule is C=CNc1ncnc(N2CCC(N)(c3nc4ccc(OC)cc4[nH]3)CC2)c1C. The van der Waals surface area contributed by atoms with Gasteiger partial charge in [-0.1, -0.05) is 6.58 Å². The third kappa shape index (κ3) is 3.16. The van der Waals surface area contributed by atoms with E-state index < -0.39 is 5.54 Å². The maximum Gasteiger partial charge on any atom is 0.138 e. The summed E-state index contributed by atoms with van der Waals surface area (Å²) in [4.78, 5) is 19.1. The monoisotopic (exact) mass is 379 g/mol. The first-order valence-electron chi connectivity index (χ1n) is 9.31. The summed E-state index contributed by atoms with van der Waals surface area (Å²) in [6.07, 6.45) is 4.75. The van der Waals surface area contributed by atoms with Gasteiger partial charge in [0.2, 0.25) is 0 Å². The van der Waals surface area contributed by atoms with Gasteiger partial charge in [0.25, 0.3) is 0 Å². The molecule has 2 aromatic heterocycles. The third-order valence-electron chi connectivity index (χ3n) is 5.41. The topological polar surface area (TPSA) is 105 Å². The van der Waals surface area contributed by atoms with Crippen LogP contribution in [-0.4, -0.2) is 40.1 Å². The van der Waals surface area contributed by atoms with Crippen molar-refractivity contribution in [3.8, 4) is 5.75 Å². The summed E-state index contributed by atoms with van der Waals surface area (Å²) in [6.45, 7) is 7.30. The number of nitrogens with zero attached hydrogens (tertiary/aromatic N) is 4. The third-order valence-corrected chi connectivity index (χ3v) is 5.41. The molecule has 1 saturated heterocycles. The van der Waals surface area contributed by atoms with E-state index in [4.69, 9.17) is 15.5 Å². The normalized spacial score (nSPS) is 16.2. The van der Waals surface area contributed by atoms with Crippen molar-refractivity contribution < 1.29 is 4.74 Å². The summed E-state index contributed by atoms with van der Waals surface area (Å²) in [5.74, 6) is 3.32. The van der Waals surface area contributed by atoms with Gasteiger partial charge >= 0.3 is 0 Å². The Morgan fingerprint density at radius 1 is 1.32 bits per heavy atom. The van der Waals surface area contributed by atoms with Crippen LogP contribution in [0, 0.1) is 6.92 Å². The summed E-state index contributed by atoms with van der Waals surface area (Å²) >= 11 is 0. The minimum absolute atomic E-state index is 0.494. The number of nitrogens with one attached hydrogen (secondary N) is 2. The van der Waals surface area contributed by atoms with Gasteiger partial charge in [0.05, 0.1) is 23.7 Å². The highest BCUT2D eigenvalue weighted by molar-refractivity contribution is 5.77. The Morgan fingerprint density at radius 2 is 2.11 bits per heavy atom. The second-order valence-electron chi connectivity index (χ2n) is 7.13. The molecule has 146 valence electrons. The van der Waals surface area contributed by atoms with E-state index in [1.807, 2.05) is 25.1 Å². The largest absolute Gasteiger partial charge is 0.497 e. The summed E-state index contributed by atoms with van der Waals surface area (Å²) in [5.41, 5.74) is 9.11. The molecule has 8 nitrogen and oxygen atoms in total. The predicted molar refractivity (Wildman–Crippen MR) is 111 cm³/mol. The number of benzene rings is 1. The van der Waals surface area contributed by atoms with Crippen LogP contribution in [-0.2, 0) is 5.54 Å². The van der Waals surface area contributed by atoms with Gasteiger partial charge in [0, 0.05) is 24.7 Å². The average molecular weight is 379 g/mol. The Labute approximate surface area is 163 Å². The Hall–Kier alpha value is -3.13. The first-order chi connectivity index (χ1) is 13.5. The highest BCUT2D eigenvalue weighted by Crippen LogP contribution is 2.33. The molecular formula is C20H25N7O. The van der Waals surface area contributed by atoms with Crippen LogP contribution < -0.4 is 20.7 Å². The van der Waals surface area contributed by atoms with Gasteiger partial charge in [0.15, 0.2) is 0 Å². The molecule has 4 rings (SSSR count). The standard InChI is InChI=1S/C20H25N7O/c1-4-22-17-13(2)18(24-12-23-17)27-9-7-20(21,8-10-27)19-25-15-6-5-14(28-3)11-16(15)26-19/h4-6,11-12H,1,7-10,21H2,2-3H3,(H,25,26)(H,22,23,24). The van der Waals surface area contributed by atoms with E-state index in [0.29, 0.717) is 0 Å². The molecule has 8 heteroatoms. The molecule has 1 aliphatic heterocycles. The van der Waals surface area contributed by atoms with Gasteiger partial charge in [-0.15, -0.1) is 0 Å². The Morgan fingerprint density at radius 3 is 2.82 bits per heavy atom. The fraction of sp³-hybridized carbons (Fsp3) is 0.350. The number of rotatable bonds is 5. The number of ether oxygens (including phenoxy) is 1. The van der Waals surface area contributed by atoms with E-state index >= 15 is 0 Å². The van der Waals surface area contributed by atoms with Crippen molar-refractivity contribution in [1.82, 2.24) is 19.9 Å². The second-order valence-corrected chi connectivity index (χ2v) is 7.13. The van der Waals surface area contributed by atoms with Crippen LogP contribution in [0.25, 0.3) is 11.0 Å². The molecular weight excluding hydrogens is 354 g/mol. The van der Waals surface area contributed by atoms with Crippen LogP contribution in [0.2, 0.25) is 0 Å². The highest BCUT2D eigenvalue weighted by Gasteiger charge is 2.36. The number of aromatic amines is 1. The van der Waals surface area contributed by atoms with Crippen molar-refractivity contribution in [1.29, 1.82) is 0 Å². The summed E-state index contributed by atoms with van der Waals surface area (Å²) < 4.78 is 5.29. The van der Waals surface area contributed by atoms with Crippen molar-refractivity contribution in [2.75, 3.05) is 30.4 Å². The zero-order valence-corrected chi connectivity index (χ0v) is 16.2. The van der Waals surface area contributed by atoms with Gasteiger partial charge in [-0.05, 0) is 38.1 Å². The number of methoxy groups -OCH3 is 1. The lowest BCUT2D eigenvalue weighted by Crippen LogP contribution is -2.49. The minimum Gasteiger partial charge on any atom is -0.497 e. The zero-order chi connectivity index (χ0) is 19.7. The highest BCUT2D eigenvalue weighted by atomic mass is 16.5. The molecule has 0 aliphatic carbocycles. The molecule has 1 aliphatic rings. The van der Waals surface area contributed by atoms with E-state index in [0.717, 1.165) is 65.7 Å². The predicted octanol–water partition coefficient (Wildman–Crippen LogP) is 2.68. The molecule has 3 heterocycles. The van der Waals surface area contributed by atoms with E-state index in [1.165, 1.54) is 0 Å². The lowest BCUT2D eigenvalue weighted by Gasteiger charge is -2.39. The zero-order valence-electron chi connectivity index (χ0n) is 16.2. The summed E-state index contributed by atoms with van der Waals surface area (Å²) in [5, 5.41) is 3.06. The molecule has 0 amide bonds. The van der Waals surface area contributed by atoms with Crippen molar-refractivity contribution in [2.45, 2.75) is 25.3 Å². The van der Waals surface area contributed by atoms with Crippen LogP contribution in [0.4, 0.5) is 11.6 Å². The van der Waals surface area contributed by atoms with Crippen molar-refractivity contribution in [3.05, 3.63) is 48.7 Å². The summed E-state index contributed by atoms with van der Waals surface area (Å²) in [7, 11) is 1.66. The van der Waals surface area contributed by atoms with E-state index in [2.05, 4.69) is 31.7 Å². The maximum atomic E-state index is 6.76. The van der Waals surface area contributed by atoms with E-state index in [1.54, 1.807) is 19.6 Å². The van der Waals surface area contributed by atoms with Gasteiger partial charge in [-0.25, -0.2) is 15.0 Å². The van der Waals surface area contributed by atoms with Gasteiger partial charge in [-0.3, -0.25) is 0 Å². The molecule has 0 atom stereocenters. The smallest absolute Gasteiger partial charge is 0.138 e.